The molecule has 0 saturated carbocycles. The van der Waals surface area contributed by atoms with Crippen LogP contribution in [0, 0.1) is 0 Å². The number of aliphatic hydroxyl groups excluding tert-OH is 1. The lowest BCUT2D eigenvalue weighted by Crippen LogP contribution is -2.42. The van der Waals surface area contributed by atoms with Gasteiger partial charge in [-0.3, -0.25) is 14.3 Å². The average molecular weight is 492 g/mol. The number of carbonyl (C=O) groups excluding carboxylic acids is 2. The summed E-state index contributed by atoms with van der Waals surface area (Å²) in [7, 11) is 0. The Morgan fingerprint density at radius 3 is 2.66 bits per heavy atom. The van der Waals surface area contributed by atoms with Crippen molar-refractivity contribution in [3.63, 3.8) is 0 Å². The molecule has 1 N–H and O–H groups in total. The molecule has 3 aromatic rings. The molecule has 1 aliphatic heterocycles. The highest BCUT2D eigenvalue weighted by Gasteiger charge is 2.33. The van der Waals surface area contributed by atoms with Gasteiger partial charge in [-0.25, -0.2) is 4.98 Å². The molecule has 0 bridgehead atoms. The summed E-state index contributed by atoms with van der Waals surface area (Å²) >= 11 is 0. The number of rotatable bonds is 8. The number of aliphatic hydroxyl groups is 1. The summed E-state index contributed by atoms with van der Waals surface area (Å²) in [5, 5.41) is 14.2. The first-order chi connectivity index (χ1) is 16.7. The Morgan fingerprint density at radius 1 is 1.17 bits per heavy atom. The standard InChI is InChI=1S/C23H23F3N4O5/c24-23(25,26)21-3-1-2-17(27-21)19(32)11-15-10-16-13-30(14-22(33)29-4-7-34-8-5-29)28-18(16)12-20(15)35-9-6-31/h1-3,10,12-13,31H,4-9,11,14H2. The Hall–Kier alpha value is -3.51. The minimum absolute atomic E-state index is 0.0178. The van der Waals surface area contributed by atoms with Gasteiger partial charge in [-0.15, -0.1) is 0 Å². The van der Waals surface area contributed by atoms with E-state index in [1.807, 2.05) is 0 Å². The second-order valence-corrected chi connectivity index (χ2v) is 7.92. The summed E-state index contributed by atoms with van der Waals surface area (Å²) in [6.45, 7) is 1.67. The van der Waals surface area contributed by atoms with E-state index in [2.05, 4.69) is 10.1 Å². The summed E-state index contributed by atoms with van der Waals surface area (Å²) in [4.78, 5) is 30.5. The lowest BCUT2D eigenvalue weighted by atomic mass is 10.0. The Morgan fingerprint density at radius 2 is 1.94 bits per heavy atom. The van der Waals surface area contributed by atoms with Crippen molar-refractivity contribution in [2.24, 2.45) is 0 Å². The van der Waals surface area contributed by atoms with E-state index in [-0.39, 0.29) is 43.5 Å². The van der Waals surface area contributed by atoms with Crippen LogP contribution in [0.4, 0.5) is 13.2 Å². The normalized spacial score (nSPS) is 14.3. The van der Waals surface area contributed by atoms with Crippen molar-refractivity contribution in [2.75, 3.05) is 39.5 Å². The van der Waals surface area contributed by atoms with Gasteiger partial charge < -0.3 is 19.5 Å². The highest BCUT2D eigenvalue weighted by molar-refractivity contribution is 5.97. The number of morpholine rings is 1. The predicted octanol–water partition coefficient (Wildman–Crippen LogP) is 2.11. The summed E-state index contributed by atoms with van der Waals surface area (Å²) in [6.07, 6.45) is -3.29. The monoisotopic (exact) mass is 492 g/mol. The molecular formula is C23H23F3N4O5. The number of carbonyl (C=O) groups is 2. The first-order valence-electron chi connectivity index (χ1n) is 10.9. The van der Waals surface area contributed by atoms with E-state index in [1.165, 1.54) is 10.7 Å². The fourth-order valence-electron chi connectivity index (χ4n) is 3.72. The highest BCUT2D eigenvalue weighted by Crippen LogP contribution is 2.29. The maximum atomic E-state index is 13.0. The topological polar surface area (TPSA) is 107 Å². The zero-order valence-electron chi connectivity index (χ0n) is 18.6. The molecule has 1 aliphatic rings. The van der Waals surface area contributed by atoms with Crippen LogP contribution in [-0.2, 0) is 28.7 Å². The molecule has 0 aliphatic carbocycles. The summed E-state index contributed by atoms with van der Waals surface area (Å²) in [5.74, 6) is -0.473. The minimum atomic E-state index is -4.67. The number of aromatic nitrogens is 3. The molecule has 1 amide bonds. The van der Waals surface area contributed by atoms with Gasteiger partial charge in [0.1, 0.15) is 30.3 Å². The van der Waals surface area contributed by atoms with Crippen molar-refractivity contribution >= 4 is 22.6 Å². The third-order valence-corrected chi connectivity index (χ3v) is 5.42. The summed E-state index contributed by atoms with van der Waals surface area (Å²) in [6, 6.07) is 6.36. The number of fused-ring (bicyclic) bond motifs is 1. The number of nitrogens with zero attached hydrogens (tertiary/aromatic N) is 4. The van der Waals surface area contributed by atoms with Crippen molar-refractivity contribution in [3.8, 4) is 5.75 Å². The van der Waals surface area contributed by atoms with Gasteiger partial charge >= 0.3 is 6.18 Å². The van der Waals surface area contributed by atoms with Crippen LogP contribution in [0.2, 0.25) is 0 Å². The fraction of sp³-hybridized carbons (Fsp3) is 0.391. The van der Waals surface area contributed by atoms with Crippen LogP contribution in [-0.4, -0.2) is 76.0 Å². The number of Topliss-reactive ketones (excluding diaryl/α,β-unsaturated/α-hetero) is 1. The molecule has 12 heteroatoms. The molecule has 1 fully saturated rings. The van der Waals surface area contributed by atoms with E-state index in [1.54, 1.807) is 23.2 Å². The van der Waals surface area contributed by atoms with Gasteiger partial charge in [-0.1, -0.05) is 6.07 Å². The molecule has 2 aromatic heterocycles. The number of hydrogen-bond acceptors (Lipinski definition) is 7. The molecule has 1 aromatic carbocycles. The van der Waals surface area contributed by atoms with Crippen LogP contribution in [0.25, 0.3) is 10.9 Å². The van der Waals surface area contributed by atoms with Crippen LogP contribution in [0.15, 0.2) is 36.5 Å². The lowest BCUT2D eigenvalue weighted by molar-refractivity contribution is -0.141. The molecule has 0 radical (unpaired) electrons. The maximum absolute atomic E-state index is 13.0. The first kappa shape index (κ1) is 24.6. The van der Waals surface area contributed by atoms with Crippen LogP contribution in [0.1, 0.15) is 21.7 Å². The molecule has 35 heavy (non-hydrogen) atoms. The molecule has 0 atom stereocenters. The molecule has 0 unspecified atom stereocenters. The van der Waals surface area contributed by atoms with Crippen LogP contribution in [0.3, 0.4) is 0 Å². The Labute approximate surface area is 198 Å². The number of pyridine rings is 1. The van der Waals surface area contributed by atoms with Gasteiger partial charge in [0.25, 0.3) is 0 Å². The Balaban J connectivity index is 1.58. The van der Waals surface area contributed by atoms with Gasteiger partial charge in [-0.2, -0.15) is 18.3 Å². The maximum Gasteiger partial charge on any atom is 0.433 e. The fourth-order valence-corrected chi connectivity index (χ4v) is 3.72. The van der Waals surface area contributed by atoms with Crippen molar-refractivity contribution in [1.82, 2.24) is 19.7 Å². The minimum Gasteiger partial charge on any atom is -0.491 e. The average Bonchev–Trinajstić information content (AvgIpc) is 3.23. The van der Waals surface area contributed by atoms with E-state index in [9.17, 15) is 22.8 Å². The van der Waals surface area contributed by atoms with Gasteiger partial charge in [0, 0.05) is 42.7 Å². The largest absolute Gasteiger partial charge is 0.491 e. The zero-order valence-corrected chi connectivity index (χ0v) is 18.6. The second kappa shape index (κ2) is 10.4. The van der Waals surface area contributed by atoms with Gasteiger partial charge in [0.15, 0.2) is 5.78 Å². The van der Waals surface area contributed by atoms with Gasteiger partial charge in [-0.05, 0) is 18.2 Å². The number of ketones is 1. The summed E-state index contributed by atoms with van der Waals surface area (Å²) < 4.78 is 51.3. The summed E-state index contributed by atoms with van der Waals surface area (Å²) in [5.41, 5.74) is -0.572. The van der Waals surface area contributed by atoms with Crippen molar-refractivity contribution in [3.05, 3.63) is 53.5 Å². The van der Waals surface area contributed by atoms with Crippen LogP contribution in [0.5, 0.6) is 5.75 Å². The molecule has 9 nitrogen and oxygen atoms in total. The van der Waals surface area contributed by atoms with E-state index in [0.29, 0.717) is 42.8 Å². The highest BCUT2D eigenvalue weighted by atomic mass is 19.4. The first-order valence-corrected chi connectivity index (χ1v) is 10.9. The zero-order chi connectivity index (χ0) is 25.0. The number of ether oxygens (including phenoxy) is 2. The van der Waals surface area contributed by atoms with Gasteiger partial charge in [0.2, 0.25) is 5.91 Å². The number of amides is 1. The lowest BCUT2D eigenvalue weighted by Gasteiger charge is -2.26. The number of halogens is 3. The van der Waals surface area contributed by atoms with Crippen LogP contribution >= 0.6 is 0 Å². The number of benzene rings is 1. The molecule has 0 spiro atoms. The molecule has 3 heterocycles. The molecule has 4 rings (SSSR count). The van der Waals surface area contributed by atoms with Crippen molar-refractivity contribution < 1.29 is 37.3 Å². The molecule has 186 valence electrons. The van der Waals surface area contributed by atoms with Crippen molar-refractivity contribution in [1.29, 1.82) is 0 Å². The van der Waals surface area contributed by atoms with Crippen molar-refractivity contribution in [2.45, 2.75) is 19.1 Å². The van der Waals surface area contributed by atoms with E-state index >= 15 is 0 Å². The number of hydrogen-bond donors (Lipinski definition) is 1. The Bertz CT molecular complexity index is 1220. The molecular weight excluding hydrogens is 469 g/mol. The van der Waals surface area contributed by atoms with E-state index < -0.39 is 17.7 Å². The quantitative estimate of drug-likeness (QED) is 0.480. The van der Waals surface area contributed by atoms with Gasteiger partial charge in [0.05, 0.1) is 25.3 Å². The second-order valence-electron chi connectivity index (χ2n) is 7.92. The smallest absolute Gasteiger partial charge is 0.433 e. The van der Waals surface area contributed by atoms with E-state index in [0.717, 1.165) is 12.1 Å². The molecule has 1 saturated heterocycles. The number of alkyl halides is 3. The van der Waals surface area contributed by atoms with Crippen LogP contribution < -0.4 is 4.74 Å². The predicted molar refractivity (Wildman–Crippen MR) is 117 cm³/mol. The SMILES string of the molecule is O=C(Cc1cc2cn(CC(=O)N3CCOCC3)nc2cc1OCCO)c1cccc(C(F)(F)F)n1. The Kier molecular flexibility index (Phi) is 7.31. The van der Waals surface area contributed by atoms with E-state index in [4.69, 9.17) is 14.6 Å². The third-order valence-electron chi connectivity index (χ3n) is 5.42. The third kappa shape index (κ3) is 5.95.